The quantitative estimate of drug-likeness (QED) is 0.181. The van der Waals surface area contributed by atoms with Gasteiger partial charge in [0, 0.05) is 21.8 Å². The Labute approximate surface area is 269 Å². The molecule has 0 fully saturated rings. The van der Waals surface area contributed by atoms with Crippen LogP contribution in [0.4, 0.5) is 0 Å². The summed E-state index contributed by atoms with van der Waals surface area (Å²) >= 11 is 0. The highest BCUT2D eigenvalue weighted by molar-refractivity contribution is 6.19. The third kappa shape index (κ3) is 4.24. The van der Waals surface area contributed by atoms with Crippen LogP contribution >= 0.6 is 0 Å². The largest absolute Gasteiger partial charge is 0.333 e. The van der Waals surface area contributed by atoms with Gasteiger partial charge < -0.3 is 4.57 Å². The fraction of sp³-hybridized carbons (Fsp3) is 0.0667. The number of fused-ring (bicyclic) bond motifs is 5. The van der Waals surface area contributed by atoms with Crippen LogP contribution < -0.4 is 0 Å². The lowest BCUT2D eigenvalue weighted by Gasteiger charge is -2.23. The van der Waals surface area contributed by atoms with Gasteiger partial charge in [0.05, 0.1) is 6.04 Å². The van der Waals surface area contributed by atoms with Crippen molar-refractivity contribution in [1.82, 2.24) is 4.57 Å². The first-order chi connectivity index (χ1) is 22.7. The minimum Gasteiger partial charge on any atom is -0.333 e. The van der Waals surface area contributed by atoms with Crippen molar-refractivity contribution in [3.8, 4) is 22.3 Å². The van der Waals surface area contributed by atoms with Gasteiger partial charge in [0.25, 0.3) is 0 Å². The van der Waals surface area contributed by atoms with Gasteiger partial charge in [-0.25, -0.2) is 0 Å². The Morgan fingerprint density at radius 1 is 0.478 bits per heavy atom. The lowest BCUT2D eigenvalue weighted by Crippen LogP contribution is -2.08. The topological polar surface area (TPSA) is 4.93 Å². The Balaban J connectivity index is 1.17. The lowest BCUT2D eigenvalue weighted by atomic mass is 9.84. The van der Waals surface area contributed by atoms with E-state index >= 15 is 0 Å². The fourth-order valence-electron chi connectivity index (χ4n) is 7.63. The van der Waals surface area contributed by atoms with E-state index in [1.807, 2.05) is 0 Å². The summed E-state index contributed by atoms with van der Waals surface area (Å²) in [5, 5.41) is 7.81. The molecule has 8 aromatic rings. The zero-order chi connectivity index (χ0) is 30.6. The molecule has 7 aromatic carbocycles. The van der Waals surface area contributed by atoms with Gasteiger partial charge in [-0.15, -0.1) is 0 Å². The Kier molecular flexibility index (Phi) is 6.24. The third-order valence-corrected chi connectivity index (χ3v) is 9.79. The van der Waals surface area contributed by atoms with Crippen molar-refractivity contribution >= 4 is 48.9 Å². The summed E-state index contributed by atoms with van der Waals surface area (Å²) < 4.78 is 2.54. The second-order valence-electron chi connectivity index (χ2n) is 12.5. The van der Waals surface area contributed by atoms with Crippen LogP contribution in [0.5, 0.6) is 0 Å². The van der Waals surface area contributed by atoms with Gasteiger partial charge in [0.1, 0.15) is 0 Å². The highest BCUT2D eigenvalue weighted by Gasteiger charge is 2.21. The first kappa shape index (κ1) is 26.7. The maximum absolute atomic E-state index is 2.54. The number of allylic oxidation sites excluding steroid dienone is 4. The van der Waals surface area contributed by atoms with Crippen molar-refractivity contribution < 1.29 is 0 Å². The molecule has 1 nitrogen and oxygen atoms in total. The number of hydrogen-bond acceptors (Lipinski definition) is 0. The van der Waals surface area contributed by atoms with Crippen molar-refractivity contribution in [3.63, 3.8) is 0 Å². The normalized spacial score (nSPS) is 14.8. The predicted octanol–water partition coefficient (Wildman–Crippen LogP) is 12.3. The molecular weight excluding hydrogens is 555 g/mol. The smallest absolute Gasteiger partial charge is 0.0560 e. The van der Waals surface area contributed by atoms with Crippen molar-refractivity contribution in [3.05, 3.63) is 175 Å². The van der Waals surface area contributed by atoms with E-state index in [2.05, 4.69) is 175 Å². The molecule has 46 heavy (non-hydrogen) atoms. The molecule has 1 atom stereocenters. The van der Waals surface area contributed by atoms with E-state index in [1.165, 1.54) is 82.3 Å². The first-order valence-corrected chi connectivity index (χ1v) is 16.2. The Morgan fingerprint density at radius 3 is 1.70 bits per heavy atom. The number of aromatic nitrogens is 1. The van der Waals surface area contributed by atoms with Crippen LogP contribution in [0.25, 0.3) is 71.2 Å². The molecular formula is C45H33N. The molecule has 0 saturated carbocycles. The summed E-state index contributed by atoms with van der Waals surface area (Å²) in [6.07, 6.45) is 8.18. The molecule has 218 valence electrons. The molecule has 1 heterocycles. The Hall–Kier alpha value is -5.66. The second-order valence-corrected chi connectivity index (χ2v) is 12.5. The summed E-state index contributed by atoms with van der Waals surface area (Å²) in [5.74, 6) is 0. The summed E-state index contributed by atoms with van der Waals surface area (Å²) in [5.41, 5.74) is 11.6. The van der Waals surface area contributed by atoms with Gasteiger partial charge in [-0.05, 0) is 86.5 Å². The van der Waals surface area contributed by atoms with E-state index in [4.69, 9.17) is 0 Å². The van der Waals surface area contributed by atoms with E-state index in [0.717, 1.165) is 6.42 Å². The van der Waals surface area contributed by atoms with Crippen LogP contribution in [0.1, 0.15) is 23.6 Å². The summed E-state index contributed by atoms with van der Waals surface area (Å²) in [6.45, 7) is 2.14. The van der Waals surface area contributed by atoms with Crippen LogP contribution in [0.2, 0.25) is 0 Å². The summed E-state index contributed by atoms with van der Waals surface area (Å²) in [6, 6.07) is 53.6. The van der Waals surface area contributed by atoms with Gasteiger partial charge in [-0.3, -0.25) is 0 Å². The number of rotatable bonds is 4. The van der Waals surface area contributed by atoms with Gasteiger partial charge >= 0.3 is 0 Å². The van der Waals surface area contributed by atoms with E-state index < -0.39 is 0 Å². The van der Waals surface area contributed by atoms with E-state index in [0.29, 0.717) is 0 Å². The van der Waals surface area contributed by atoms with Gasteiger partial charge in [0.2, 0.25) is 0 Å². The molecule has 0 N–H and O–H groups in total. The van der Waals surface area contributed by atoms with E-state index in [-0.39, 0.29) is 6.04 Å². The molecule has 9 rings (SSSR count). The van der Waals surface area contributed by atoms with Crippen LogP contribution in [-0.4, -0.2) is 4.57 Å². The van der Waals surface area contributed by atoms with Crippen molar-refractivity contribution in [2.24, 2.45) is 0 Å². The standard InChI is InChI=1S/C45H33N/c1-30-19-21-31(22-20-30)34-25-28-43-41(29-34)36-13-9-10-18-42(36)46(43)35-26-23-33(24-27-35)45-39-16-7-5-14-37(39)44(32-11-3-2-4-12-32)38-15-6-8-17-40(38)45/h2-26,28-29,35H,27H2,1H3. The maximum atomic E-state index is 2.54. The van der Waals surface area contributed by atoms with Crippen LogP contribution in [0, 0.1) is 6.92 Å². The van der Waals surface area contributed by atoms with Crippen LogP contribution in [0.3, 0.4) is 0 Å². The molecule has 0 amide bonds. The minimum absolute atomic E-state index is 0.234. The fourth-order valence-corrected chi connectivity index (χ4v) is 7.63. The summed E-state index contributed by atoms with van der Waals surface area (Å²) in [7, 11) is 0. The average Bonchev–Trinajstić information content (AvgIpc) is 3.45. The number of nitrogens with zero attached hydrogens (tertiary/aromatic N) is 1. The molecule has 1 unspecified atom stereocenters. The summed E-state index contributed by atoms with van der Waals surface area (Å²) in [4.78, 5) is 0. The molecule has 1 aliphatic carbocycles. The monoisotopic (exact) mass is 587 g/mol. The second kappa shape index (κ2) is 10.8. The zero-order valence-corrected chi connectivity index (χ0v) is 25.8. The van der Waals surface area contributed by atoms with Crippen LogP contribution in [0.15, 0.2) is 164 Å². The molecule has 0 radical (unpaired) electrons. The molecule has 1 aliphatic rings. The predicted molar refractivity (Wildman–Crippen MR) is 197 cm³/mol. The van der Waals surface area contributed by atoms with E-state index in [1.54, 1.807) is 0 Å². The molecule has 1 aromatic heterocycles. The SMILES string of the molecule is Cc1ccc(-c2ccc3c(c2)c2ccccc2n3C2C=CC(c3c4ccccc4c(-c4ccccc4)c4ccccc34)=CC2)cc1. The number of hydrogen-bond donors (Lipinski definition) is 0. The van der Waals surface area contributed by atoms with Gasteiger partial charge in [0.15, 0.2) is 0 Å². The minimum atomic E-state index is 0.234. The number of benzene rings is 7. The molecule has 0 aliphatic heterocycles. The Morgan fingerprint density at radius 2 is 1.04 bits per heavy atom. The lowest BCUT2D eigenvalue weighted by molar-refractivity contribution is 0.649. The van der Waals surface area contributed by atoms with Gasteiger partial charge in [-0.2, -0.15) is 0 Å². The first-order valence-electron chi connectivity index (χ1n) is 16.2. The van der Waals surface area contributed by atoms with Gasteiger partial charge in [-0.1, -0.05) is 151 Å². The van der Waals surface area contributed by atoms with Crippen LogP contribution in [-0.2, 0) is 0 Å². The average molecular weight is 588 g/mol. The van der Waals surface area contributed by atoms with Crippen molar-refractivity contribution in [2.45, 2.75) is 19.4 Å². The number of para-hydroxylation sites is 1. The molecule has 0 bridgehead atoms. The zero-order valence-electron chi connectivity index (χ0n) is 25.8. The highest BCUT2D eigenvalue weighted by Crippen LogP contribution is 2.44. The number of aryl methyl sites for hydroxylation is 1. The molecule has 0 spiro atoms. The van der Waals surface area contributed by atoms with Crippen molar-refractivity contribution in [2.75, 3.05) is 0 Å². The molecule has 0 saturated heterocycles. The molecule has 1 heteroatoms. The van der Waals surface area contributed by atoms with E-state index in [9.17, 15) is 0 Å². The third-order valence-electron chi connectivity index (χ3n) is 9.79. The maximum Gasteiger partial charge on any atom is 0.0560 e. The van der Waals surface area contributed by atoms with Crippen molar-refractivity contribution in [1.29, 1.82) is 0 Å². The Bertz CT molecular complexity index is 2430. The highest BCUT2D eigenvalue weighted by atomic mass is 15.0.